The average molecular weight is 202 g/mol. The van der Waals surface area contributed by atoms with Gasteiger partial charge in [-0.3, -0.25) is 0 Å². The fourth-order valence-corrected chi connectivity index (χ4v) is 1.34. The van der Waals surface area contributed by atoms with Gasteiger partial charge < -0.3 is 8.83 Å². The quantitative estimate of drug-likeness (QED) is 0.638. The molecule has 0 aliphatic rings. The van der Waals surface area contributed by atoms with E-state index in [9.17, 15) is 0 Å². The van der Waals surface area contributed by atoms with E-state index in [1.165, 1.54) is 0 Å². The number of hydrogen-bond acceptors (Lipinski definition) is 5. The van der Waals surface area contributed by atoms with Gasteiger partial charge in [-0.15, -0.1) is 0 Å². The van der Waals surface area contributed by atoms with E-state index in [2.05, 4.69) is 14.9 Å². The first kappa shape index (κ1) is 8.05. The highest BCUT2D eigenvalue weighted by Gasteiger charge is 2.18. The van der Waals surface area contributed by atoms with Crippen LogP contribution in [-0.2, 0) is 0 Å². The minimum Gasteiger partial charge on any atom is -0.463 e. The molecule has 0 N–H and O–H groups in total. The van der Waals surface area contributed by atoms with Crippen LogP contribution in [0.15, 0.2) is 50.3 Å². The van der Waals surface area contributed by atoms with Crippen molar-refractivity contribution in [2.24, 2.45) is 0 Å². The van der Waals surface area contributed by atoms with Gasteiger partial charge in [0.05, 0.1) is 12.5 Å². The van der Waals surface area contributed by atoms with Gasteiger partial charge in [-0.1, -0.05) is 0 Å². The van der Waals surface area contributed by atoms with Crippen molar-refractivity contribution < 1.29 is 13.5 Å². The predicted octanol–water partition coefficient (Wildman–Crippen LogP) is 2.59. The second-order valence-electron chi connectivity index (χ2n) is 2.92. The molecule has 74 valence electrons. The Morgan fingerprint density at radius 2 is 1.33 bits per heavy atom. The maximum Gasteiger partial charge on any atom is 0.181 e. The summed E-state index contributed by atoms with van der Waals surface area (Å²) in [5.41, 5.74) is 1.07. The van der Waals surface area contributed by atoms with Gasteiger partial charge in [0.25, 0.3) is 0 Å². The first-order valence-corrected chi connectivity index (χ1v) is 4.35. The van der Waals surface area contributed by atoms with E-state index >= 15 is 0 Å². The van der Waals surface area contributed by atoms with E-state index in [4.69, 9.17) is 8.83 Å². The number of furan rings is 2. The van der Waals surface area contributed by atoms with Gasteiger partial charge in [-0.2, -0.15) is 0 Å². The zero-order valence-electron chi connectivity index (χ0n) is 7.58. The van der Waals surface area contributed by atoms with Crippen LogP contribution in [-0.4, -0.2) is 10.3 Å². The number of rotatable bonds is 2. The van der Waals surface area contributed by atoms with Gasteiger partial charge in [-0.05, 0) is 34.6 Å². The molecule has 0 fully saturated rings. The Kier molecular flexibility index (Phi) is 1.68. The third-order valence-electron chi connectivity index (χ3n) is 2.00. The Balaban J connectivity index is 2.15. The summed E-state index contributed by atoms with van der Waals surface area (Å²) in [4.78, 5) is 0. The molecule has 3 aromatic heterocycles. The molecule has 0 aliphatic heterocycles. The van der Waals surface area contributed by atoms with Gasteiger partial charge in [0, 0.05) is 0 Å². The number of hydrogen-bond donors (Lipinski definition) is 0. The normalized spacial score (nSPS) is 10.7. The summed E-state index contributed by atoms with van der Waals surface area (Å²) in [7, 11) is 0. The molecule has 0 saturated carbocycles. The Morgan fingerprint density at radius 3 is 1.73 bits per heavy atom. The van der Waals surface area contributed by atoms with Crippen molar-refractivity contribution in [3.05, 3.63) is 36.8 Å². The standard InChI is InChI=1S/C10H6N2O3/c1-3-7(13-5-1)9-10(12-15-11-9)8-4-2-6-14-8/h1-6H. The molecule has 0 amide bonds. The lowest BCUT2D eigenvalue weighted by molar-refractivity contribution is 0.308. The fourth-order valence-electron chi connectivity index (χ4n) is 1.34. The molecular weight excluding hydrogens is 196 g/mol. The van der Waals surface area contributed by atoms with Crippen LogP contribution in [0.2, 0.25) is 0 Å². The van der Waals surface area contributed by atoms with E-state index < -0.39 is 0 Å². The fraction of sp³-hybridized carbons (Fsp3) is 0. The first-order valence-electron chi connectivity index (χ1n) is 4.35. The maximum absolute atomic E-state index is 5.21. The summed E-state index contributed by atoms with van der Waals surface area (Å²) in [6.45, 7) is 0. The molecule has 0 spiro atoms. The van der Waals surface area contributed by atoms with Crippen molar-refractivity contribution in [1.82, 2.24) is 10.3 Å². The monoisotopic (exact) mass is 202 g/mol. The lowest BCUT2D eigenvalue weighted by atomic mass is 10.2. The molecule has 5 heteroatoms. The number of aromatic nitrogens is 2. The van der Waals surface area contributed by atoms with E-state index in [0.29, 0.717) is 22.9 Å². The van der Waals surface area contributed by atoms with Crippen molar-refractivity contribution in [3.63, 3.8) is 0 Å². The van der Waals surface area contributed by atoms with Crippen molar-refractivity contribution in [2.75, 3.05) is 0 Å². The third-order valence-corrected chi connectivity index (χ3v) is 2.00. The predicted molar refractivity (Wildman–Crippen MR) is 49.7 cm³/mol. The van der Waals surface area contributed by atoms with Crippen molar-refractivity contribution in [2.45, 2.75) is 0 Å². The van der Waals surface area contributed by atoms with Crippen molar-refractivity contribution in [1.29, 1.82) is 0 Å². The van der Waals surface area contributed by atoms with E-state index in [0.717, 1.165) is 0 Å². The number of nitrogens with zero attached hydrogens (tertiary/aromatic N) is 2. The summed E-state index contributed by atoms with van der Waals surface area (Å²) in [5, 5.41) is 7.55. The molecule has 0 bridgehead atoms. The first-order chi connectivity index (χ1) is 7.45. The topological polar surface area (TPSA) is 65.2 Å². The Morgan fingerprint density at radius 1 is 0.800 bits per heavy atom. The van der Waals surface area contributed by atoms with Crippen LogP contribution in [0.1, 0.15) is 0 Å². The molecule has 0 aromatic carbocycles. The summed E-state index contributed by atoms with van der Waals surface area (Å²) in [5.74, 6) is 1.20. The van der Waals surface area contributed by atoms with Gasteiger partial charge >= 0.3 is 0 Å². The molecule has 0 aliphatic carbocycles. The molecule has 3 heterocycles. The Labute approximate surface area is 84.3 Å². The molecule has 0 saturated heterocycles. The molecule has 3 rings (SSSR count). The van der Waals surface area contributed by atoms with Crippen LogP contribution in [0.4, 0.5) is 0 Å². The maximum atomic E-state index is 5.21. The van der Waals surface area contributed by atoms with E-state index in [1.54, 1.807) is 36.8 Å². The smallest absolute Gasteiger partial charge is 0.181 e. The largest absolute Gasteiger partial charge is 0.463 e. The molecular formula is C10H6N2O3. The van der Waals surface area contributed by atoms with Gasteiger partial charge in [-0.25, -0.2) is 4.63 Å². The second kappa shape index (κ2) is 3.13. The van der Waals surface area contributed by atoms with Crippen LogP contribution in [0.3, 0.4) is 0 Å². The third kappa shape index (κ3) is 1.25. The Bertz CT molecular complexity index is 488. The molecule has 15 heavy (non-hydrogen) atoms. The van der Waals surface area contributed by atoms with Crippen LogP contribution in [0.5, 0.6) is 0 Å². The molecule has 5 nitrogen and oxygen atoms in total. The molecule has 0 atom stereocenters. The van der Waals surface area contributed by atoms with E-state index in [-0.39, 0.29) is 0 Å². The van der Waals surface area contributed by atoms with Gasteiger partial charge in [0.2, 0.25) is 0 Å². The Hall–Kier alpha value is -2.30. The average Bonchev–Trinajstić information content (AvgIpc) is 3.01. The molecule has 3 aromatic rings. The van der Waals surface area contributed by atoms with Crippen molar-refractivity contribution in [3.8, 4) is 22.9 Å². The van der Waals surface area contributed by atoms with E-state index in [1.807, 2.05) is 0 Å². The minimum atomic E-state index is 0.537. The van der Waals surface area contributed by atoms with Crippen LogP contribution in [0, 0.1) is 0 Å². The zero-order chi connectivity index (χ0) is 10.1. The molecule has 0 radical (unpaired) electrons. The summed E-state index contributed by atoms with van der Waals surface area (Å²) in [6, 6.07) is 7.11. The highest BCUT2D eigenvalue weighted by Crippen LogP contribution is 2.28. The highest BCUT2D eigenvalue weighted by molar-refractivity contribution is 5.71. The summed E-state index contributed by atoms with van der Waals surface area (Å²) < 4.78 is 15.1. The lowest BCUT2D eigenvalue weighted by Gasteiger charge is -1.90. The highest BCUT2D eigenvalue weighted by atomic mass is 16.6. The van der Waals surface area contributed by atoms with Crippen LogP contribution < -0.4 is 0 Å². The van der Waals surface area contributed by atoms with Crippen LogP contribution >= 0.6 is 0 Å². The minimum absolute atomic E-state index is 0.537. The van der Waals surface area contributed by atoms with Crippen molar-refractivity contribution >= 4 is 0 Å². The zero-order valence-corrected chi connectivity index (χ0v) is 7.58. The summed E-state index contributed by atoms with van der Waals surface area (Å²) in [6.07, 6.45) is 3.13. The summed E-state index contributed by atoms with van der Waals surface area (Å²) >= 11 is 0. The van der Waals surface area contributed by atoms with Crippen LogP contribution in [0.25, 0.3) is 22.9 Å². The van der Waals surface area contributed by atoms with Gasteiger partial charge in [0.1, 0.15) is 0 Å². The second-order valence-corrected chi connectivity index (χ2v) is 2.92. The SMILES string of the molecule is c1coc(-c2nonc2-c2ccco2)c1. The molecule has 0 unspecified atom stereocenters. The van der Waals surface area contributed by atoms with Gasteiger partial charge in [0.15, 0.2) is 22.9 Å². The lowest BCUT2D eigenvalue weighted by Crippen LogP contribution is -1.78.